The number of aryl methyl sites for hydroxylation is 1. The van der Waals surface area contributed by atoms with Gasteiger partial charge in [-0.15, -0.1) is 0 Å². The minimum Gasteiger partial charge on any atom is -0.388 e. The molecule has 0 unspecified atom stereocenters. The number of nitrogens with one attached hydrogen (secondary N) is 2. The van der Waals surface area contributed by atoms with E-state index in [2.05, 4.69) is 10.6 Å². The smallest absolute Gasteiger partial charge is 0.319 e. The van der Waals surface area contributed by atoms with Gasteiger partial charge in [0.05, 0.1) is 5.60 Å². The van der Waals surface area contributed by atoms with Crippen LogP contribution in [0.3, 0.4) is 0 Å². The first-order chi connectivity index (χ1) is 8.49. The van der Waals surface area contributed by atoms with Crippen molar-refractivity contribution < 1.29 is 9.90 Å². The fraction of sp³-hybridized carbons (Fsp3) is 0.500. The molecule has 0 spiro atoms. The Hall–Kier alpha value is -1.55. The summed E-state index contributed by atoms with van der Waals surface area (Å²) >= 11 is 0. The zero-order chi connectivity index (χ0) is 13.2. The van der Waals surface area contributed by atoms with Crippen LogP contribution in [0.25, 0.3) is 0 Å². The van der Waals surface area contributed by atoms with Crippen LogP contribution in [-0.2, 0) is 0 Å². The highest BCUT2D eigenvalue weighted by atomic mass is 16.3. The van der Waals surface area contributed by atoms with Crippen molar-refractivity contribution in [3.8, 4) is 0 Å². The quantitative estimate of drug-likeness (QED) is 0.765. The van der Waals surface area contributed by atoms with Gasteiger partial charge in [0.1, 0.15) is 0 Å². The van der Waals surface area contributed by atoms with E-state index in [-0.39, 0.29) is 12.6 Å². The minimum atomic E-state index is -0.789. The lowest BCUT2D eigenvalue weighted by Crippen LogP contribution is -2.43. The molecule has 1 aliphatic carbocycles. The van der Waals surface area contributed by atoms with Crippen molar-refractivity contribution >= 4 is 11.7 Å². The van der Waals surface area contributed by atoms with Gasteiger partial charge >= 0.3 is 6.03 Å². The first-order valence-corrected chi connectivity index (χ1v) is 6.32. The molecule has 98 valence electrons. The molecule has 4 heteroatoms. The summed E-state index contributed by atoms with van der Waals surface area (Å²) in [4.78, 5) is 11.7. The number of hydrogen-bond acceptors (Lipinski definition) is 2. The number of carbonyl (C=O) groups excluding carboxylic acids is 1. The average molecular weight is 248 g/mol. The summed E-state index contributed by atoms with van der Waals surface area (Å²) in [6.07, 6.45) is 2.10. The Bertz CT molecular complexity index is 439. The lowest BCUT2D eigenvalue weighted by molar-refractivity contribution is 0.0398. The zero-order valence-corrected chi connectivity index (χ0v) is 10.9. The molecule has 0 saturated heterocycles. The summed E-state index contributed by atoms with van der Waals surface area (Å²) in [5.41, 5.74) is 1.02. The summed E-state index contributed by atoms with van der Waals surface area (Å²) in [7, 11) is 0. The van der Waals surface area contributed by atoms with Crippen LogP contribution in [0, 0.1) is 12.8 Å². The van der Waals surface area contributed by atoms with Crippen molar-refractivity contribution in [3.63, 3.8) is 0 Å². The fourth-order valence-corrected chi connectivity index (χ4v) is 1.99. The van der Waals surface area contributed by atoms with Crippen molar-refractivity contribution in [2.45, 2.75) is 32.3 Å². The van der Waals surface area contributed by atoms with Crippen LogP contribution in [0.5, 0.6) is 0 Å². The lowest BCUT2D eigenvalue weighted by atomic mass is 10.0. The van der Waals surface area contributed by atoms with Crippen molar-refractivity contribution in [2.24, 2.45) is 5.92 Å². The van der Waals surface area contributed by atoms with E-state index < -0.39 is 5.60 Å². The third-order valence-corrected chi connectivity index (χ3v) is 3.46. The van der Waals surface area contributed by atoms with Gasteiger partial charge in [-0.2, -0.15) is 0 Å². The van der Waals surface area contributed by atoms with Crippen molar-refractivity contribution in [2.75, 3.05) is 11.9 Å². The summed E-state index contributed by atoms with van der Waals surface area (Å²) in [5, 5.41) is 15.6. The second-order valence-corrected chi connectivity index (χ2v) is 5.25. The van der Waals surface area contributed by atoms with Crippen LogP contribution in [0.1, 0.15) is 25.3 Å². The molecule has 1 saturated carbocycles. The number of benzene rings is 1. The Morgan fingerprint density at radius 2 is 2.11 bits per heavy atom. The molecule has 4 nitrogen and oxygen atoms in total. The Labute approximate surface area is 107 Å². The molecule has 1 aromatic rings. The molecule has 3 N–H and O–H groups in total. The first kappa shape index (κ1) is 12.9. The zero-order valence-electron chi connectivity index (χ0n) is 10.9. The van der Waals surface area contributed by atoms with Crippen LogP contribution in [0.15, 0.2) is 24.3 Å². The number of amides is 2. The molecule has 2 amide bonds. The van der Waals surface area contributed by atoms with Crippen LogP contribution in [-0.4, -0.2) is 23.3 Å². The summed E-state index contributed by atoms with van der Waals surface area (Å²) < 4.78 is 0. The SMILES string of the molecule is Cc1ccccc1NC(=O)NC[C@](C)(O)C1CC1. The van der Waals surface area contributed by atoms with E-state index in [1.165, 1.54) is 0 Å². The van der Waals surface area contributed by atoms with Crippen molar-refractivity contribution in [3.05, 3.63) is 29.8 Å². The molecular formula is C14H20N2O2. The van der Waals surface area contributed by atoms with Crippen LogP contribution >= 0.6 is 0 Å². The monoisotopic (exact) mass is 248 g/mol. The predicted molar refractivity (Wildman–Crippen MR) is 71.5 cm³/mol. The number of carbonyl (C=O) groups is 1. The normalized spacial score (nSPS) is 17.9. The van der Waals surface area contributed by atoms with E-state index in [0.29, 0.717) is 5.92 Å². The number of para-hydroxylation sites is 1. The Morgan fingerprint density at radius 1 is 1.44 bits per heavy atom. The second-order valence-electron chi connectivity index (χ2n) is 5.25. The lowest BCUT2D eigenvalue weighted by Gasteiger charge is -2.23. The average Bonchev–Trinajstić information content (AvgIpc) is 3.14. The van der Waals surface area contributed by atoms with Gasteiger partial charge in [-0.1, -0.05) is 18.2 Å². The molecule has 0 heterocycles. The third-order valence-electron chi connectivity index (χ3n) is 3.46. The fourth-order valence-electron chi connectivity index (χ4n) is 1.99. The molecule has 1 fully saturated rings. The molecule has 18 heavy (non-hydrogen) atoms. The molecule has 0 aromatic heterocycles. The van der Waals surface area contributed by atoms with Gasteiger partial charge in [-0.25, -0.2) is 4.79 Å². The standard InChI is InChI=1S/C14H20N2O2/c1-10-5-3-4-6-12(10)16-13(17)15-9-14(2,18)11-7-8-11/h3-6,11,18H,7-9H2,1-2H3,(H2,15,16,17)/t14-/m0/s1. The summed E-state index contributed by atoms with van der Waals surface area (Å²) in [6.45, 7) is 4.00. The minimum absolute atomic E-state index is 0.273. The molecule has 1 aromatic carbocycles. The Kier molecular flexibility index (Phi) is 3.57. The van der Waals surface area contributed by atoms with Gasteiger partial charge < -0.3 is 15.7 Å². The van der Waals surface area contributed by atoms with Crippen molar-refractivity contribution in [1.82, 2.24) is 5.32 Å². The highest BCUT2D eigenvalue weighted by Crippen LogP contribution is 2.38. The van der Waals surface area contributed by atoms with Gasteiger partial charge in [0.25, 0.3) is 0 Å². The van der Waals surface area contributed by atoms with Gasteiger partial charge in [0.15, 0.2) is 0 Å². The molecule has 0 bridgehead atoms. The molecular weight excluding hydrogens is 228 g/mol. The van der Waals surface area contributed by atoms with E-state index in [0.717, 1.165) is 24.1 Å². The number of anilines is 1. The van der Waals surface area contributed by atoms with E-state index in [9.17, 15) is 9.90 Å². The number of aliphatic hydroxyl groups is 1. The summed E-state index contributed by atoms with van der Waals surface area (Å²) in [5.74, 6) is 0.330. The molecule has 0 aliphatic heterocycles. The predicted octanol–water partition coefficient (Wildman–Crippen LogP) is 2.28. The highest BCUT2D eigenvalue weighted by molar-refractivity contribution is 5.90. The van der Waals surface area contributed by atoms with E-state index in [1.54, 1.807) is 6.92 Å². The third kappa shape index (κ3) is 3.23. The number of rotatable bonds is 4. The van der Waals surface area contributed by atoms with Gasteiger partial charge in [0.2, 0.25) is 0 Å². The highest BCUT2D eigenvalue weighted by Gasteiger charge is 2.39. The van der Waals surface area contributed by atoms with E-state index in [4.69, 9.17) is 0 Å². The van der Waals surface area contributed by atoms with Crippen LogP contribution < -0.4 is 10.6 Å². The van der Waals surface area contributed by atoms with E-state index >= 15 is 0 Å². The maximum atomic E-state index is 11.7. The maximum Gasteiger partial charge on any atom is 0.319 e. The molecule has 2 rings (SSSR count). The van der Waals surface area contributed by atoms with Crippen molar-refractivity contribution in [1.29, 1.82) is 0 Å². The van der Waals surface area contributed by atoms with Gasteiger partial charge in [0, 0.05) is 12.2 Å². The molecule has 1 atom stereocenters. The number of urea groups is 1. The number of hydrogen-bond donors (Lipinski definition) is 3. The van der Waals surface area contributed by atoms with Gasteiger partial charge in [-0.3, -0.25) is 0 Å². The molecule has 1 aliphatic rings. The van der Waals surface area contributed by atoms with E-state index in [1.807, 2.05) is 31.2 Å². The van der Waals surface area contributed by atoms with Crippen LogP contribution in [0.4, 0.5) is 10.5 Å². The topological polar surface area (TPSA) is 61.4 Å². The Morgan fingerprint density at radius 3 is 2.72 bits per heavy atom. The largest absolute Gasteiger partial charge is 0.388 e. The van der Waals surface area contributed by atoms with Gasteiger partial charge in [-0.05, 0) is 44.2 Å². The molecule has 0 radical (unpaired) electrons. The second kappa shape index (κ2) is 4.98. The first-order valence-electron chi connectivity index (χ1n) is 6.32. The summed E-state index contributed by atoms with van der Waals surface area (Å²) in [6, 6.07) is 7.33. The van der Waals surface area contributed by atoms with Crippen LogP contribution in [0.2, 0.25) is 0 Å². The maximum absolute atomic E-state index is 11.7. The Balaban J connectivity index is 1.84.